The van der Waals surface area contributed by atoms with Crippen molar-refractivity contribution in [2.24, 2.45) is 5.10 Å². The van der Waals surface area contributed by atoms with Gasteiger partial charge in [-0.25, -0.2) is 5.43 Å². The van der Waals surface area contributed by atoms with Crippen LogP contribution in [0.25, 0.3) is 10.8 Å². The first-order chi connectivity index (χ1) is 13.9. The number of nitro groups is 1. The molecule has 0 aliphatic rings. The molecule has 148 valence electrons. The molecule has 0 aliphatic heterocycles. The highest BCUT2D eigenvalue weighted by Gasteiger charge is 2.18. The lowest BCUT2D eigenvalue weighted by molar-refractivity contribution is -0.385. The number of nitro benzene ring substituents is 1. The Labute approximate surface area is 174 Å². The van der Waals surface area contributed by atoms with Gasteiger partial charge < -0.3 is 10.4 Å². The number of phenols is 1. The molecule has 3 rings (SSSR count). The van der Waals surface area contributed by atoms with E-state index in [0.29, 0.717) is 4.47 Å². The normalized spacial score (nSPS) is 12.1. The van der Waals surface area contributed by atoms with E-state index in [1.807, 2.05) is 42.5 Å². The number of phenolic OH excluding ortho intramolecular Hbond substituents is 1. The zero-order valence-electron chi connectivity index (χ0n) is 15.3. The summed E-state index contributed by atoms with van der Waals surface area (Å²) >= 11 is 3.14. The van der Waals surface area contributed by atoms with Crippen LogP contribution in [0, 0.1) is 10.1 Å². The predicted octanol–water partition coefficient (Wildman–Crippen LogP) is 4.17. The molecule has 0 spiro atoms. The molecule has 0 unspecified atom stereocenters. The van der Waals surface area contributed by atoms with E-state index in [-0.39, 0.29) is 5.56 Å². The van der Waals surface area contributed by atoms with E-state index in [4.69, 9.17) is 0 Å². The lowest BCUT2D eigenvalue weighted by Crippen LogP contribution is -2.34. The SMILES string of the molecule is C[C@@H](Nc1cccc2ccccc12)C(=O)N/N=C\c1cc(Br)cc([N+](=O)[O-])c1O. The van der Waals surface area contributed by atoms with Gasteiger partial charge in [-0.1, -0.05) is 52.3 Å². The predicted molar refractivity (Wildman–Crippen MR) is 115 cm³/mol. The summed E-state index contributed by atoms with van der Waals surface area (Å²) < 4.78 is 0.403. The molecule has 29 heavy (non-hydrogen) atoms. The zero-order chi connectivity index (χ0) is 21.0. The van der Waals surface area contributed by atoms with Gasteiger partial charge in [-0.2, -0.15) is 5.10 Å². The number of benzene rings is 3. The Morgan fingerprint density at radius 3 is 2.72 bits per heavy atom. The monoisotopic (exact) mass is 456 g/mol. The van der Waals surface area contributed by atoms with E-state index in [1.54, 1.807) is 6.92 Å². The molecule has 9 heteroatoms. The maximum absolute atomic E-state index is 12.3. The van der Waals surface area contributed by atoms with Crippen molar-refractivity contribution in [2.45, 2.75) is 13.0 Å². The number of hydrogen-bond donors (Lipinski definition) is 3. The van der Waals surface area contributed by atoms with Crippen molar-refractivity contribution >= 4 is 50.2 Å². The summed E-state index contributed by atoms with van der Waals surface area (Å²) in [7, 11) is 0. The largest absolute Gasteiger partial charge is 0.502 e. The van der Waals surface area contributed by atoms with E-state index in [0.717, 1.165) is 22.7 Å². The van der Waals surface area contributed by atoms with Gasteiger partial charge in [0.2, 0.25) is 5.75 Å². The summed E-state index contributed by atoms with van der Waals surface area (Å²) in [4.78, 5) is 22.6. The number of rotatable bonds is 6. The molecule has 8 nitrogen and oxygen atoms in total. The van der Waals surface area contributed by atoms with Crippen LogP contribution >= 0.6 is 15.9 Å². The van der Waals surface area contributed by atoms with Crippen LogP contribution in [0.2, 0.25) is 0 Å². The molecule has 0 fully saturated rings. The summed E-state index contributed by atoms with van der Waals surface area (Å²) in [6.45, 7) is 1.69. The van der Waals surface area contributed by atoms with Crippen LogP contribution in [-0.4, -0.2) is 28.2 Å². The van der Waals surface area contributed by atoms with Crippen molar-refractivity contribution in [1.29, 1.82) is 0 Å². The van der Waals surface area contributed by atoms with Crippen LogP contribution in [0.5, 0.6) is 5.75 Å². The van der Waals surface area contributed by atoms with Crippen molar-refractivity contribution in [3.8, 4) is 5.75 Å². The molecule has 0 radical (unpaired) electrons. The van der Waals surface area contributed by atoms with E-state index in [2.05, 4.69) is 31.8 Å². The van der Waals surface area contributed by atoms with Gasteiger partial charge >= 0.3 is 5.69 Å². The van der Waals surface area contributed by atoms with Crippen LogP contribution in [0.15, 0.2) is 64.2 Å². The summed E-state index contributed by atoms with van der Waals surface area (Å²) in [6.07, 6.45) is 1.15. The fourth-order valence-electron chi connectivity index (χ4n) is 2.76. The summed E-state index contributed by atoms with van der Waals surface area (Å²) in [5.74, 6) is -0.934. The third kappa shape index (κ3) is 4.69. The average molecular weight is 457 g/mol. The number of amides is 1. The van der Waals surface area contributed by atoms with E-state index < -0.39 is 28.3 Å². The molecule has 3 aromatic rings. The number of nitrogens with one attached hydrogen (secondary N) is 2. The summed E-state index contributed by atoms with van der Waals surface area (Å²) in [5, 5.41) is 29.9. The van der Waals surface area contributed by atoms with Crippen molar-refractivity contribution in [3.05, 3.63) is 74.7 Å². The van der Waals surface area contributed by atoms with Gasteiger partial charge in [0, 0.05) is 27.2 Å². The zero-order valence-corrected chi connectivity index (χ0v) is 16.9. The van der Waals surface area contributed by atoms with E-state index in [9.17, 15) is 20.0 Å². The summed E-state index contributed by atoms with van der Waals surface area (Å²) in [5.41, 5.74) is 2.82. The number of carbonyl (C=O) groups is 1. The second kappa shape index (κ2) is 8.70. The molecule has 0 aromatic heterocycles. The Morgan fingerprint density at radius 1 is 1.24 bits per heavy atom. The number of hydrogen-bond acceptors (Lipinski definition) is 6. The van der Waals surface area contributed by atoms with Gasteiger partial charge in [-0.3, -0.25) is 14.9 Å². The first-order valence-corrected chi connectivity index (χ1v) is 9.40. The number of hydrazone groups is 1. The standard InChI is InChI=1S/C20H17BrN4O4/c1-12(23-17-8-4-6-13-5-2-3-7-16(13)17)20(27)24-22-11-14-9-15(21)10-18(19(14)26)25(28)29/h2-12,23,26H,1H3,(H,24,27)/b22-11-/t12-/m1/s1. The first-order valence-electron chi connectivity index (χ1n) is 8.61. The molecule has 0 saturated carbocycles. The van der Waals surface area contributed by atoms with Crippen molar-refractivity contribution in [3.63, 3.8) is 0 Å². The van der Waals surface area contributed by atoms with Crippen LogP contribution in [0.1, 0.15) is 12.5 Å². The second-order valence-corrected chi connectivity index (χ2v) is 7.16. The van der Waals surface area contributed by atoms with Crippen molar-refractivity contribution < 1.29 is 14.8 Å². The van der Waals surface area contributed by atoms with Gasteiger partial charge in [-0.15, -0.1) is 0 Å². The van der Waals surface area contributed by atoms with Crippen LogP contribution in [0.3, 0.4) is 0 Å². The first kappa shape index (κ1) is 20.3. The molecule has 1 amide bonds. The fraction of sp³-hybridized carbons (Fsp3) is 0.100. The Hall–Kier alpha value is -3.46. The number of nitrogens with zero attached hydrogens (tertiary/aromatic N) is 2. The van der Waals surface area contributed by atoms with Crippen LogP contribution < -0.4 is 10.7 Å². The smallest absolute Gasteiger partial charge is 0.312 e. The molecule has 0 bridgehead atoms. The maximum atomic E-state index is 12.3. The number of carbonyl (C=O) groups excluding carboxylic acids is 1. The second-order valence-electron chi connectivity index (χ2n) is 6.25. The van der Waals surface area contributed by atoms with Gasteiger partial charge in [0.25, 0.3) is 5.91 Å². The van der Waals surface area contributed by atoms with Gasteiger partial charge in [-0.05, 0) is 24.4 Å². The highest BCUT2D eigenvalue weighted by molar-refractivity contribution is 9.10. The van der Waals surface area contributed by atoms with Gasteiger partial charge in [0.05, 0.1) is 11.1 Å². The van der Waals surface area contributed by atoms with E-state index in [1.165, 1.54) is 12.1 Å². The van der Waals surface area contributed by atoms with Crippen molar-refractivity contribution in [1.82, 2.24) is 5.43 Å². The average Bonchev–Trinajstić information content (AvgIpc) is 2.70. The minimum absolute atomic E-state index is 0.0982. The van der Waals surface area contributed by atoms with Crippen LogP contribution in [-0.2, 0) is 4.79 Å². The Bertz CT molecular complexity index is 1110. The Balaban J connectivity index is 1.70. The minimum Gasteiger partial charge on any atom is -0.502 e. The number of aromatic hydroxyl groups is 1. The van der Waals surface area contributed by atoms with Crippen molar-refractivity contribution in [2.75, 3.05) is 5.32 Å². The third-order valence-corrected chi connectivity index (χ3v) is 4.67. The number of anilines is 1. The Morgan fingerprint density at radius 2 is 1.97 bits per heavy atom. The number of fused-ring (bicyclic) bond motifs is 1. The molecular formula is C20H17BrN4O4. The number of halogens is 1. The lowest BCUT2D eigenvalue weighted by atomic mass is 10.1. The fourth-order valence-corrected chi connectivity index (χ4v) is 3.22. The quantitative estimate of drug-likeness (QED) is 0.292. The van der Waals surface area contributed by atoms with E-state index >= 15 is 0 Å². The lowest BCUT2D eigenvalue weighted by Gasteiger charge is -2.15. The molecule has 0 aliphatic carbocycles. The topological polar surface area (TPSA) is 117 Å². The molecule has 3 aromatic carbocycles. The molecular weight excluding hydrogens is 440 g/mol. The van der Waals surface area contributed by atoms with Gasteiger partial charge in [0.1, 0.15) is 6.04 Å². The maximum Gasteiger partial charge on any atom is 0.312 e. The Kier molecular flexibility index (Phi) is 6.08. The van der Waals surface area contributed by atoms with Gasteiger partial charge in [0.15, 0.2) is 0 Å². The van der Waals surface area contributed by atoms with Crippen LogP contribution in [0.4, 0.5) is 11.4 Å². The highest BCUT2D eigenvalue weighted by atomic mass is 79.9. The molecule has 0 saturated heterocycles. The summed E-state index contributed by atoms with van der Waals surface area (Å²) in [6, 6.07) is 15.6. The molecule has 0 heterocycles. The molecule has 1 atom stereocenters. The minimum atomic E-state index is -0.702. The third-order valence-electron chi connectivity index (χ3n) is 4.21. The molecule has 3 N–H and O–H groups in total. The highest BCUT2D eigenvalue weighted by Crippen LogP contribution is 2.32.